The summed E-state index contributed by atoms with van der Waals surface area (Å²) < 4.78 is 1.56. The average Bonchev–Trinajstić information content (AvgIpc) is 2.68. The van der Waals surface area contributed by atoms with Gasteiger partial charge in [0.25, 0.3) is 0 Å². The van der Waals surface area contributed by atoms with E-state index in [0.717, 1.165) is 5.39 Å². The number of phenols is 1. The Balaban J connectivity index is 2.13. The van der Waals surface area contributed by atoms with Crippen LogP contribution in [0.5, 0.6) is 5.75 Å². The predicted molar refractivity (Wildman–Crippen MR) is 67.5 cm³/mol. The van der Waals surface area contributed by atoms with Gasteiger partial charge in [0.15, 0.2) is 0 Å². The number of carbonyl (C=O) groups excluding carboxylic acids is 2. The minimum atomic E-state index is -0.441. The number of phenolic OH excluding ortho intramolecular Hbond substituents is 1. The van der Waals surface area contributed by atoms with Crippen molar-refractivity contribution in [1.29, 1.82) is 0 Å². The molecule has 1 aromatic carbocycles. The lowest BCUT2D eigenvalue weighted by atomic mass is 9.93. The Morgan fingerprint density at radius 2 is 2.21 bits per heavy atom. The molecule has 0 saturated carbocycles. The number of amides is 2. The highest BCUT2D eigenvalue weighted by Gasteiger charge is 2.31. The van der Waals surface area contributed by atoms with Crippen molar-refractivity contribution in [3.8, 4) is 5.75 Å². The highest BCUT2D eigenvalue weighted by atomic mass is 16.3. The fraction of sp³-hybridized carbons (Fsp3) is 0.308. The number of benzene rings is 1. The minimum Gasteiger partial charge on any atom is -0.506 e. The molecule has 2 heterocycles. The van der Waals surface area contributed by atoms with Gasteiger partial charge in [0.05, 0.1) is 11.6 Å². The third kappa shape index (κ3) is 1.76. The molecule has 0 bridgehead atoms. The molecule has 2 aromatic rings. The van der Waals surface area contributed by atoms with E-state index in [9.17, 15) is 14.7 Å². The van der Waals surface area contributed by atoms with Crippen molar-refractivity contribution in [1.82, 2.24) is 15.1 Å². The quantitative estimate of drug-likeness (QED) is 0.742. The van der Waals surface area contributed by atoms with Gasteiger partial charge in [0.1, 0.15) is 11.3 Å². The van der Waals surface area contributed by atoms with E-state index in [1.165, 1.54) is 0 Å². The van der Waals surface area contributed by atoms with E-state index < -0.39 is 5.92 Å². The average molecular weight is 259 g/mol. The Hall–Kier alpha value is -2.37. The zero-order chi connectivity index (χ0) is 13.6. The molecule has 0 radical (unpaired) electrons. The second-order valence-corrected chi connectivity index (χ2v) is 4.69. The number of aromatic hydroxyl groups is 1. The molecule has 1 fully saturated rings. The van der Waals surface area contributed by atoms with Gasteiger partial charge in [-0.15, -0.1) is 0 Å². The number of rotatable bonds is 1. The highest BCUT2D eigenvalue weighted by molar-refractivity contribution is 6.02. The number of hydrogen-bond donors (Lipinski definition) is 2. The summed E-state index contributed by atoms with van der Waals surface area (Å²) in [6, 6.07) is 5.12. The van der Waals surface area contributed by atoms with Crippen LogP contribution in [0.4, 0.5) is 0 Å². The first-order chi connectivity index (χ1) is 9.08. The number of nitrogens with one attached hydrogen (secondary N) is 1. The maximum absolute atomic E-state index is 11.9. The van der Waals surface area contributed by atoms with Gasteiger partial charge in [0.2, 0.25) is 11.8 Å². The van der Waals surface area contributed by atoms with Crippen molar-refractivity contribution in [2.24, 2.45) is 7.05 Å². The molecule has 19 heavy (non-hydrogen) atoms. The van der Waals surface area contributed by atoms with Gasteiger partial charge in [-0.3, -0.25) is 19.6 Å². The number of para-hydroxylation sites is 1. The largest absolute Gasteiger partial charge is 0.506 e. The number of fused-ring (bicyclic) bond motifs is 1. The van der Waals surface area contributed by atoms with Crippen LogP contribution in [-0.2, 0) is 16.6 Å². The van der Waals surface area contributed by atoms with E-state index in [1.807, 2.05) is 6.07 Å². The summed E-state index contributed by atoms with van der Waals surface area (Å²) in [6.07, 6.45) is 0.764. The Kier molecular flexibility index (Phi) is 2.51. The Labute approximate surface area is 109 Å². The van der Waals surface area contributed by atoms with E-state index in [0.29, 0.717) is 24.1 Å². The molecule has 0 spiro atoms. The molecule has 2 amide bonds. The smallest absolute Gasteiger partial charge is 0.235 e. The fourth-order valence-electron chi connectivity index (χ4n) is 2.56. The number of aromatic nitrogens is 2. The Morgan fingerprint density at radius 3 is 2.95 bits per heavy atom. The lowest BCUT2D eigenvalue weighted by molar-refractivity contribution is -0.134. The topological polar surface area (TPSA) is 84.2 Å². The van der Waals surface area contributed by atoms with Gasteiger partial charge in [0, 0.05) is 18.9 Å². The summed E-state index contributed by atoms with van der Waals surface area (Å²) in [5.41, 5.74) is 1.21. The Morgan fingerprint density at radius 1 is 1.42 bits per heavy atom. The summed E-state index contributed by atoms with van der Waals surface area (Å²) in [5.74, 6) is -0.877. The third-order valence-electron chi connectivity index (χ3n) is 3.44. The molecule has 6 heteroatoms. The molecule has 1 atom stereocenters. The van der Waals surface area contributed by atoms with E-state index in [4.69, 9.17) is 0 Å². The van der Waals surface area contributed by atoms with Gasteiger partial charge in [-0.25, -0.2) is 0 Å². The molecular formula is C13H13N3O3. The van der Waals surface area contributed by atoms with Crippen LogP contribution in [0, 0.1) is 0 Å². The SMILES string of the molecule is Cn1nc(C2CCC(=O)NC2=O)c2cccc(O)c21. The second kappa shape index (κ2) is 4.08. The molecule has 3 rings (SSSR count). The van der Waals surface area contributed by atoms with Crippen LogP contribution >= 0.6 is 0 Å². The molecule has 1 aliphatic rings. The van der Waals surface area contributed by atoms with E-state index in [1.54, 1.807) is 23.9 Å². The molecule has 1 aliphatic heterocycles. The summed E-state index contributed by atoms with van der Waals surface area (Å²) in [4.78, 5) is 23.1. The molecule has 6 nitrogen and oxygen atoms in total. The van der Waals surface area contributed by atoms with Gasteiger partial charge >= 0.3 is 0 Å². The molecule has 1 aromatic heterocycles. The highest BCUT2D eigenvalue weighted by Crippen LogP contribution is 2.33. The molecule has 98 valence electrons. The van der Waals surface area contributed by atoms with E-state index in [2.05, 4.69) is 10.4 Å². The van der Waals surface area contributed by atoms with Crippen LogP contribution in [0.3, 0.4) is 0 Å². The second-order valence-electron chi connectivity index (χ2n) is 4.69. The van der Waals surface area contributed by atoms with Gasteiger partial charge in [-0.1, -0.05) is 12.1 Å². The Bertz CT molecular complexity index is 690. The maximum atomic E-state index is 11.9. The number of piperidine rings is 1. The monoisotopic (exact) mass is 259 g/mol. The first-order valence-electron chi connectivity index (χ1n) is 6.06. The normalized spacial score (nSPS) is 19.7. The van der Waals surface area contributed by atoms with Gasteiger partial charge in [-0.05, 0) is 12.5 Å². The lowest BCUT2D eigenvalue weighted by Gasteiger charge is -2.19. The van der Waals surface area contributed by atoms with Crippen LogP contribution in [0.2, 0.25) is 0 Å². The first-order valence-corrected chi connectivity index (χ1v) is 6.06. The predicted octanol–water partition coefficient (Wildman–Crippen LogP) is 0.799. The first kappa shape index (κ1) is 11.7. The zero-order valence-corrected chi connectivity index (χ0v) is 10.4. The summed E-state index contributed by atoms with van der Waals surface area (Å²) in [7, 11) is 1.72. The van der Waals surface area contributed by atoms with Crippen LogP contribution in [0.25, 0.3) is 10.9 Å². The molecular weight excluding hydrogens is 246 g/mol. The minimum absolute atomic E-state index is 0.131. The summed E-state index contributed by atoms with van der Waals surface area (Å²) in [5, 5.41) is 17.3. The molecule has 2 N–H and O–H groups in total. The van der Waals surface area contributed by atoms with Crippen molar-refractivity contribution in [3.63, 3.8) is 0 Å². The van der Waals surface area contributed by atoms with Gasteiger partial charge in [-0.2, -0.15) is 5.10 Å². The lowest BCUT2D eigenvalue weighted by Crippen LogP contribution is -2.39. The number of hydrogen-bond acceptors (Lipinski definition) is 4. The number of nitrogens with zero attached hydrogens (tertiary/aromatic N) is 2. The standard InChI is InChI=1S/C13H13N3O3/c1-16-12-7(3-2-4-9(12)17)11(15-16)8-5-6-10(18)14-13(8)19/h2-4,8,17H,5-6H2,1H3,(H,14,18,19). The summed E-state index contributed by atoms with van der Waals surface area (Å²) in [6.45, 7) is 0. The van der Waals surface area contributed by atoms with E-state index >= 15 is 0 Å². The molecule has 1 unspecified atom stereocenters. The molecule has 0 aliphatic carbocycles. The van der Waals surface area contributed by atoms with Gasteiger partial charge < -0.3 is 5.11 Å². The zero-order valence-electron chi connectivity index (χ0n) is 10.4. The van der Waals surface area contributed by atoms with Crippen molar-refractivity contribution < 1.29 is 14.7 Å². The number of aryl methyl sites for hydroxylation is 1. The van der Waals surface area contributed by atoms with Crippen molar-refractivity contribution in [2.45, 2.75) is 18.8 Å². The van der Waals surface area contributed by atoms with Crippen LogP contribution in [0.15, 0.2) is 18.2 Å². The number of carbonyl (C=O) groups is 2. The summed E-state index contributed by atoms with van der Waals surface area (Å²) >= 11 is 0. The third-order valence-corrected chi connectivity index (χ3v) is 3.44. The fourth-order valence-corrected chi connectivity index (χ4v) is 2.56. The molecule has 1 saturated heterocycles. The van der Waals surface area contributed by atoms with Crippen molar-refractivity contribution >= 4 is 22.7 Å². The van der Waals surface area contributed by atoms with Crippen LogP contribution < -0.4 is 5.32 Å². The van der Waals surface area contributed by atoms with Crippen molar-refractivity contribution in [2.75, 3.05) is 0 Å². The number of imide groups is 1. The maximum Gasteiger partial charge on any atom is 0.235 e. The van der Waals surface area contributed by atoms with Crippen molar-refractivity contribution in [3.05, 3.63) is 23.9 Å². The van der Waals surface area contributed by atoms with E-state index in [-0.39, 0.29) is 17.6 Å². The van der Waals surface area contributed by atoms with Crippen LogP contribution in [-0.4, -0.2) is 26.7 Å². The van der Waals surface area contributed by atoms with Crippen LogP contribution in [0.1, 0.15) is 24.5 Å².